The summed E-state index contributed by atoms with van der Waals surface area (Å²) in [5, 5.41) is 10.7. The number of aromatic nitrogens is 2. The molecule has 2 aromatic carbocycles. The molecule has 3 rings (SSSR count). The number of para-hydroxylation sites is 1. The van der Waals surface area contributed by atoms with Crippen LogP contribution in [0.3, 0.4) is 0 Å². The molecule has 36 heavy (non-hydrogen) atoms. The molecule has 8 heteroatoms. The van der Waals surface area contributed by atoms with Crippen molar-refractivity contribution in [3.05, 3.63) is 69.8 Å². The molecule has 0 unspecified atom stereocenters. The van der Waals surface area contributed by atoms with Crippen LogP contribution in [0.15, 0.2) is 53.0 Å². The van der Waals surface area contributed by atoms with Crippen molar-refractivity contribution in [2.75, 3.05) is 23.7 Å². The highest BCUT2D eigenvalue weighted by Gasteiger charge is 2.24. The summed E-state index contributed by atoms with van der Waals surface area (Å²) in [5.74, 6) is 0.480. The molecule has 192 valence electrons. The molecule has 0 aliphatic heterocycles. The van der Waals surface area contributed by atoms with E-state index in [1.54, 1.807) is 4.68 Å². The van der Waals surface area contributed by atoms with E-state index in [2.05, 4.69) is 53.4 Å². The van der Waals surface area contributed by atoms with E-state index in [9.17, 15) is 9.59 Å². The quantitative estimate of drug-likeness (QED) is 0.342. The molecule has 1 aromatic heterocycles. The number of nitrogens with one attached hydrogen (secondary N) is 2. The predicted octanol–water partition coefficient (Wildman–Crippen LogP) is 6.68. The highest BCUT2D eigenvalue weighted by molar-refractivity contribution is 9.10. The van der Waals surface area contributed by atoms with E-state index in [0.29, 0.717) is 18.1 Å². The normalized spacial score (nSPS) is 11.5. The van der Waals surface area contributed by atoms with E-state index >= 15 is 0 Å². The van der Waals surface area contributed by atoms with Crippen LogP contribution in [0.2, 0.25) is 0 Å². The Morgan fingerprint density at radius 1 is 1.06 bits per heavy atom. The fourth-order valence-electron chi connectivity index (χ4n) is 3.84. The van der Waals surface area contributed by atoms with E-state index in [4.69, 9.17) is 5.10 Å². The number of benzene rings is 2. The van der Waals surface area contributed by atoms with Crippen LogP contribution in [-0.2, 0) is 10.2 Å². The Bertz CT molecular complexity index is 1240. The Hall–Kier alpha value is -3.13. The zero-order valence-corrected chi connectivity index (χ0v) is 23.7. The number of hydrogen-bond acceptors (Lipinski definition) is 3. The van der Waals surface area contributed by atoms with Gasteiger partial charge in [0.1, 0.15) is 12.4 Å². The summed E-state index contributed by atoms with van der Waals surface area (Å²) >= 11 is 3.46. The number of amides is 3. The number of halogens is 1. The molecule has 7 nitrogen and oxygen atoms in total. The SMILES string of the molecule is Cc1ccc(-n2nc(C(C)(C)C)cc2NC(=O)CN(CC(C)C)C(=O)Nc2ccccc2Br)c(C)c1. The molecular formula is C28H36BrN5O2. The van der Waals surface area contributed by atoms with Gasteiger partial charge in [0.05, 0.1) is 17.1 Å². The maximum absolute atomic E-state index is 13.2. The molecule has 0 aliphatic rings. The van der Waals surface area contributed by atoms with Gasteiger partial charge in [-0.05, 0) is 59.5 Å². The first kappa shape index (κ1) is 27.5. The molecule has 3 aromatic rings. The standard InChI is InChI=1S/C28H36BrN5O2/c1-18(2)16-33(27(36)30-22-11-9-8-10-21(22)29)17-26(35)31-25-15-24(28(5,6)7)32-34(25)23-13-12-19(3)14-20(23)4/h8-15,18H,16-17H2,1-7H3,(H,30,36)(H,31,35). The van der Waals surface area contributed by atoms with Crippen molar-refractivity contribution >= 4 is 39.4 Å². The van der Waals surface area contributed by atoms with Crippen LogP contribution in [0.1, 0.15) is 51.4 Å². The third-order valence-corrected chi connectivity index (χ3v) is 6.34. The Labute approximate surface area is 222 Å². The molecule has 2 N–H and O–H groups in total. The third-order valence-electron chi connectivity index (χ3n) is 5.65. The van der Waals surface area contributed by atoms with Crippen LogP contribution < -0.4 is 10.6 Å². The lowest BCUT2D eigenvalue weighted by atomic mass is 9.92. The van der Waals surface area contributed by atoms with Gasteiger partial charge < -0.3 is 15.5 Å². The number of nitrogens with zero attached hydrogens (tertiary/aromatic N) is 3. The van der Waals surface area contributed by atoms with E-state index in [1.165, 1.54) is 4.90 Å². The smallest absolute Gasteiger partial charge is 0.315 e. The second-order valence-corrected chi connectivity index (χ2v) is 11.5. The van der Waals surface area contributed by atoms with Crippen LogP contribution in [0, 0.1) is 19.8 Å². The molecule has 1 heterocycles. The van der Waals surface area contributed by atoms with Gasteiger partial charge in [-0.3, -0.25) is 4.79 Å². The van der Waals surface area contributed by atoms with Crippen LogP contribution in [-0.4, -0.2) is 39.7 Å². The Kier molecular flexibility index (Phi) is 8.61. The first-order valence-corrected chi connectivity index (χ1v) is 12.9. The molecule has 0 radical (unpaired) electrons. The molecule has 0 saturated carbocycles. The average molecular weight is 555 g/mol. The molecule has 0 atom stereocenters. The van der Waals surface area contributed by atoms with E-state index in [1.807, 2.05) is 70.2 Å². The Balaban J connectivity index is 1.86. The van der Waals surface area contributed by atoms with Gasteiger partial charge in [0.15, 0.2) is 0 Å². The van der Waals surface area contributed by atoms with Crippen LogP contribution in [0.5, 0.6) is 0 Å². The minimum absolute atomic E-state index is 0.0859. The monoisotopic (exact) mass is 553 g/mol. The fourth-order valence-corrected chi connectivity index (χ4v) is 4.22. The largest absolute Gasteiger partial charge is 0.322 e. The summed E-state index contributed by atoms with van der Waals surface area (Å²) in [7, 11) is 0. The lowest BCUT2D eigenvalue weighted by Gasteiger charge is -2.24. The number of rotatable bonds is 7. The van der Waals surface area contributed by atoms with Crippen LogP contribution in [0.4, 0.5) is 16.3 Å². The minimum Gasteiger partial charge on any atom is -0.315 e. The zero-order chi connectivity index (χ0) is 26.6. The number of carbonyl (C=O) groups is 2. The summed E-state index contributed by atoms with van der Waals surface area (Å²) in [6.07, 6.45) is 0. The van der Waals surface area contributed by atoms with E-state index in [-0.39, 0.29) is 29.8 Å². The highest BCUT2D eigenvalue weighted by atomic mass is 79.9. The summed E-state index contributed by atoms with van der Waals surface area (Å²) < 4.78 is 2.56. The van der Waals surface area contributed by atoms with Gasteiger partial charge in [0, 0.05) is 22.5 Å². The highest BCUT2D eigenvalue weighted by Crippen LogP contribution is 2.28. The van der Waals surface area contributed by atoms with E-state index in [0.717, 1.165) is 27.0 Å². The molecule has 0 bridgehead atoms. The molecule has 0 aliphatic carbocycles. The first-order valence-electron chi connectivity index (χ1n) is 12.1. The van der Waals surface area contributed by atoms with Crippen molar-refractivity contribution in [3.63, 3.8) is 0 Å². The topological polar surface area (TPSA) is 79.3 Å². The van der Waals surface area contributed by atoms with Gasteiger partial charge in [-0.1, -0.05) is 64.4 Å². The van der Waals surface area contributed by atoms with Crippen LogP contribution in [0.25, 0.3) is 5.69 Å². The minimum atomic E-state index is -0.330. The summed E-state index contributed by atoms with van der Waals surface area (Å²) in [5.41, 5.74) is 4.43. The van der Waals surface area contributed by atoms with Crippen molar-refractivity contribution in [1.29, 1.82) is 0 Å². The Morgan fingerprint density at radius 3 is 2.36 bits per heavy atom. The van der Waals surface area contributed by atoms with Crippen molar-refractivity contribution in [3.8, 4) is 5.69 Å². The first-order chi connectivity index (χ1) is 16.8. The fraction of sp³-hybridized carbons (Fsp3) is 0.393. The predicted molar refractivity (Wildman–Crippen MR) is 150 cm³/mol. The lowest BCUT2D eigenvalue weighted by molar-refractivity contribution is -0.116. The van der Waals surface area contributed by atoms with Gasteiger partial charge in [0.25, 0.3) is 0 Å². The van der Waals surface area contributed by atoms with Crippen molar-refractivity contribution in [1.82, 2.24) is 14.7 Å². The molecule has 0 fully saturated rings. The van der Waals surface area contributed by atoms with Crippen molar-refractivity contribution in [2.45, 2.75) is 53.9 Å². The number of carbonyl (C=O) groups excluding carboxylic acids is 2. The second-order valence-electron chi connectivity index (χ2n) is 10.6. The number of anilines is 2. The summed E-state index contributed by atoms with van der Waals surface area (Å²) in [6.45, 7) is 14.7. The molecule has 3 amide bonds. The number of hydrogen-bond donors (Lipinski definition) is 2. The third kappa shape index (κ3) is 6.97. The van der Waals surface area contributed by atoms with Gasteiger partial charge in [-0.2, -0.15) is 5.10 Å². The molecular weight excluding hydrogens is 518 g/mol. The molecule has 0 saturated heterocycles. The van der Waals surface area contributed by atoms with Gasteiger partial charge >= 0.3 is 6.03 Å². The average Bonchev–Trinajstić information content (AvgIpc) is 3.18. The summed E-state index contributed by atoms with van der Waals surface area (Å²) in [4.78, 5) is 27.8. The van der Waals surface area contributed by atoms with Crippen molar-refractivity contribution < 1.29 is 9.59 Å². The Morgan fingerprint density at radius 2 is 1.75 bits per heavy atom. The number of urea groups is 1. The summed E-state index contributed by atoms with van der Waals surface area (Å²) in [6, 6.07) is 15.1. The van der Waals surface area contributed by atoms with Gasteiger partial charge in [0.2, 0.25) is 5.91 Å². The second kappa shape index (κ2) is 11.3. The van der Waals surface area contributed by atoms with Crippen molar-refractivity contribution in [2.24, 2.45) is 5.92 Å². The lowest BCUT2D eigenvalue weighted by Crippen LogP contribution is -2.42. The maximum atomic E-state index is 13.2. The van der Waals surface area contributed by atoms with Gasteiger partial charge in [-0.25, -0.2) is 9.48 Å². The van der Waals surface area contributed by atoms with E-state index < -0.39 is 0 Å². The number of aryl methyl sites for hydroxylation is 2. The van der Waals surface area contributed by atoms with Gasteiger partial charge in [-0.15, -0.1) is 0 Å². The molecule has 0 spiro atoms. The maximum Gasteiger partial charge on any atom is 0.322 e. The zero-order valence-electron chi connectivity index (χ0n) is 22.1. The van der Waals surface area contributed by atoms with Crippen LogP contribution >= 0.6 is 15.9 Å².